The lowest BCUT2D eigenvalue weighted by atomic mass is 10.2. The van der Waals surface area contributed by atoms with Crippen LogP contribution in [-0.2, 0) is 4.79 Å². The van der Waals surface area contributed by atoms with Gasteiger partial charge >= 0.3 is 0 Å². The van der Waals surface area contributed by atoms with Gasteiger partial charge in [0.2, 0.25) is 5.91 Å². The van der Waals surface area contributed by atoms with Crippen molar-refractivity contribution in [2.75, 3.05) is 25.0 Å². The molecule has 0 fully saturated rings. The Morgan fingerprint density at radius 2 is 2.11 bits per heavy atom. The number of anilines is 1. The number of amides is 1. The average Bonchev–Trinajstić information content (AvgIpc) is 2.38. The van der Waals surface area contributed by atoms with Crippen molar-refractivity contribution in [3.63, 3.8) is 0 Å². The molecule has 0 unspecified atom stereocenters. The Morgan fingerprint density at radius 3 is 2.61 bits per heavy atom. The molecule has 0 aliphatic carbocycles. The number of benzene rings is 1. The molecule has 0 saturated heterocycles. The van der Waals surface area contributed by atoms with E-state index in [-0.39, 0.29) is 18.1 Å². The zero-order chi connectivity index (χ0) is 13.5. The van der Waals surface area contributed by atoms with Gasteiger partial charge in [0.05, 0.1) is 18.0 Å². The van der Waals surface area contributed by atoms with Crippen LogP contribution in [0.1, 0.15) is 0 Å². The Kier molecular flexibility index (Phi) is 4.84. The van der Waals surface area contributed by atoms with E-state index in [2.05, 4.69) is 11.2 Å². The number of hydrogen-bond acceptors (Lipinski definition) is 4. The third-order valence-corrected chi connectivity index (χ3v) is 2.33. The van der Waals surface area contributed by atoms with Crippen molar-refractivity contribution in [3.05, 3.63) is 34.4 Å². The van der Waals surface area contributed by atoms with Crippen LogP contribution in [0.3, 0.4) is 0 Å². The molecule has 1 rings (SSSR count). The van der Waals surface area contributed by atoms with E-state index in [1.165, 1.54) is 29.2 Å². The quantitative estimate of drug-likeness (QED) is 0.361. The number of likely N-dealkylation sites (N-methyl/N-ethyl adjacent to an activating group) is 1. The lowest BCUT2D eigenvalue weighted by Crippen LogP contribution is -2.35. The minimum Gasteiger partial charge on any atom is -0.314 e. The third kappa shape index (κ3) is 3.57. The zero-order valence-electron chi connectivity index (χ0n) is 9.92. The van der Waals surface area contributed by atoms with Crippen molar-refractivity contribution < 1.29 is 9.72 Å². The SMILES string of the molecule is C#CCNCC(=O)N(C)c1ccc([N+](=O)[O-])cc1. The van der Waals surface area contributed by atoms with E-state index in [1.807, 2.05) is 0 Å². The highest BCUT2D eigenvalue weighted by atomic mass is 16.6. The molecule has 1 N–H and O–H groups in total. The second-order valence-corrected chi connectivity index (χ2v) is 3.53. The zero-order valence-corrected chi connectivity index (χ0v) is 9.92. The summed E-state index contributed by atoms with van der Waals surface area (Å²) >= 11 is 0. The summed E-state index contributed by atoms with van der Waals surface area (Å²) in [5.74, 6) is 2.20. The summed E-state index contributed by atoms with van der Waals surface area (Å²) in [5.41, 5.74) is 0.582. The van der Waals surface area contributed by atoms with Gasteiger partial charge in [-0.15, -0.1) is 6.42 Å². The second-order valence-electron chi connectivity index (χ2n) is 3.53. The fourth-order valence-electron chi connectivity index (χ4n) is 1.30. The van der Waals surface area contributed by atoms with Crippen LogP contribution >= 0.6 is 0 Å². The van der Waals surface area contributed by atoms with Crippen LogP contribution in [0.2, 0.25) is 0 Å². The lowest BCUT2D eigenvalue weighted by molar-refractivity contribution is -0.384. The van der Waals surface area contributed by atoms with Crippen LogP contribution < -0.4 is 10.2 Å². The van der Waals surface area contributed by atoms with Crippen LogP contribution in [0.4, 0.5) is 11.4 Å². The third-order valence-electron chi connectivity index (χ3n) is 2.33. The molecule has 0 saturated carbocycles. The van der Waals surface area contributed by atoms with Gasteiger partial charge in [-0.25, -0.2) is 0 Å². The number of nitro benzene ring substituents is 1. The number of hydrogen-bond donors (Lipinski definition) is 1. The Morgan fingerprint density at radius 1 is 1.50 bits per heavy atom. The van der Waals surface area contributed by atoms with E-state index < -0.39 is 4.92 Å². The normalized spacial score (nSPS) is 9.56. The topological polar surface area (TPSA) is 75.5 Å². The fourth-order valence-corrected chi connectivity index (χ4v) is 1.30. The van der Waals surface area contributed by atoms with Gasteiger partial charge in [0.1, 0.15) is 0 Å². The predicted molar refractivity (Wildman–Crippen MR) is 68.2 cm³/mol. The van der Waals surface area contributed by atoms with Crippen molar-refractivity contribution in [1.82, 2.24) is 5.32 Å². The van der Waals surface area contributed by atoms with Crippen molar-refractivity contribution in [2.24, 2.45) is 0 Å². The molecule has 6 heteroatoms. The molecule has 0 atom stereocenters. The first-order valence-electron chi connectivity index (χ1n) is 5.21. The first-order chi connectivity index (χ1) is 8.56. The predicted octanol–water partition coefficient (Wildman–Crippen LogP) is 0.780. The summed E-state index contributed by atoms with van der Waals surface area (Å²) in [4.78, 5) is 23.1. The minimum absolute atomic E-state index is 0.00921. The number of nitrogens with one attached hydrogen (secondary N) is 1. The molecule has 0 spiro atoms. The average molecular weight is 247 g/mol. The molecule has 0 aliphatic rings. The number of carbonyl (C=O) groups excluding carboxylic acids is 1. The maximum absolute atomic E-state index is 11.7. The van der Waals surface area contributed by atoms with Gasteiger partial charge in [0.15, 0.2) is 0 Å². The number of nitrogens with zero attached hydrogens (tertiary/aromatic N) is 2. The lowest BCUT2D eigenvalue weighted by Gasteiger charge is -2.17. The molecular formula is C12H13N3O3. The fraction of sp³-hybridized carbons (Fsp3) is 0.250. The molecule has 0 bridgehead atoms. The van der Waals surface area contributed by atoms with Gasteiger partial charge in [0, 0.05) is 24.9 Å². The van der Waals surface area contributed by atoms with Gasteiger partial charge in [-0.2, -0.15) is 0 Å². The van der Waals surface area contributed by atoms with Gasteiger partial charge in [-0.1, -0.05) is 5.92 Å². The summed E-state index contributed by atoms with van der Waals surface area (Å²) in [7, 11) is 1.60. The minimum atomic E-state index is -0.486. The van der Waals surface area contributed by atoms with Crippen LogP contribution in [-0.4, -0.2) is 31.0 Å². The smallest absolute Gasteiger partial charge is 0.269 e. The maximum Gasteiger partial charge on any atom is 0.269 e. The van der Waals surface area contributed by atoms with Crippen LogP contribution in [0.5, 0.6) is 0 Å². The molecule has 1 aromatic rings. The first kappa shape index (κ1) is 13.7. The largest absolute Gasteiger partial charge is 0.314 e. The molecule has 1 aromatic carbocycles. The van der Waals surface area contributed by atoms with Crippen molar-refractivity contribution >= 4 is 17.3 Å². The summed E-state index contributed by atoms with van der Waals surface area (Å²) in [5, 5.41) is 13.3. The van der Waals surface area contributed by atoms with Crippen molar-refractivity contribution in [1.29, 1.82) is 0 Å². The van der Waals surface area contributed by atoms with Gasteiger partial charge < -0.3 is 4.90 Å². The molecule has 1 amide bonds. The highest BCUT2D eigenvalue weighted by Gasteiger charge is 2.11. The Hall–Kier alpha value is -2.39. The Labute approximate surface area is 105 Å². The van der Waals surface area contributed by atoms with E-state index in [0.717, 1.165) is 0 Å². The summed E-state index contributed by atoms with van der Waals surface area (Å²) in [6, 6.07) is 5.76. The second kappa shape index (κ2) is 6.37. The molecule has 6 nitrogen and oxygen atoms in total. The molecule has 0 aliphatic heterocycles. The number of nitro groups is 1. The van der Waals surface area contributed by atoms with Gasteiger partial charge in [-0.3, -0.25) is 20.2 Å². The molecule has 0 aromatic heterocycles. The molecule has 0 radical (unpaired) electrons. The van der Waals surface area contributed by atoms with Gasteiger partial charge in [0.25, 0.3) is 5.69 Å². The van der Waals surface area contributed by atoms with E-state index >= 15 is 0 Å². The highest BCUT2D eigenvalue weighted by Crippen LogP contribution is 2.18. The van der Waals surface area contributed by atoms with Crippen LogP contribution in [0, 0.1) is 22.5 Å². The first-order valence-corrected chi connectivity index (χ1v) is 5.21. The van der Waals surface area contributed by atoms with E-state index in [1.54, 1.807) is 7.05 Å². The number of carbonyl (C=O) groups is 1. The van der Waals surface area contributed by atoms with Crippen LogP contribution in [0.15, 0.2) is 24.3 Å². The standard InChI is InChI=1S/C12H13N3O3/c1-3-8-13-9-12(16)14(2)10-4-6-11(7-5-10)15(17)18/h1,4-7,13H,8-9H2,2H3. The van der Waals surface area contributed by atoms with E-state index in [4.69, 9.17) is 6.42 Å². The highest BCUT2D eigenvalue weighted by molar-refractivity contribution is 5.94. The van der Waals surface area contributed by atoms with Crippen molar-refractivity contribution in [2.45, 2.75) is 0 Å². The summed E-state index contributed by atoms with van der Waals surface area (Å²) in [6.45, 7) is 0.442. The Balaban J connectivity index is 2.66. The maximum atomic E-state index is 11.7. The van der Waals surface area contributed by atoms with E-state index in [0.29, 0.717) is 12.2 Å². The number of rotatable bonds is 5. The van der Waals surface area contributed by atoms with E-state index in [9.17, 15) is 14.9 Å². The summed E-state index contributed by atoms with van der Waals surface area (Å²) in [6.07, 6.45) is 5.05. The Bertz CT molecular complexity index is 476. The van der Waals surface area contributed by atoms with Gasteiger partial charge in [-0.05, 0) is 12.1 Å². The molecule has 94 valence electrons. The number of terminal acetylenes is 1. The molecule has 0 heterocycles. The monoisotopic (exact) mass is 247 g/mol. The molecular weight excluding hydrogens is 234 g/mol. The summed E-state index contributed by atoms with van der Waals surface area (Å²) < 4.78 is 0. The van der Waals surface area contributed by atoms with Crippen molar-refractivity contribution in [3.8, 4) is 12.3 Å². The molecule has 18 heavy (non-hydrogen) atoms. The number of non-ortho nitro benzene ring substituents is 1. The van der Waals surface area contributed by atoms with Crippen LogP contribution in [0.25, 0.3) is 0 Å².